The number of nitrogens with zero attached hydrogens (tertiary/aromatic N) is 2. The van der Waals surface area contributed by atoms with Gasteiger partial charge in [-0.2, -0.15) is 0 Å². The van der Waals surface area contributed by atoms with Crippen LogP contribution in [0.3, 0.4) is 0 Å². The molecule has 3 aliphatic heterocycles. The number of pyridine rings is 1. The Morgan fingerprint density at radius 3 is 3.14 bits per heavy atom. The van der Waals surface area contributed by atoms with Gasteiger partial charge in [-0.05, 0) is 11.6 Å². The van der Waals surface area contributed by atoms with Gasteiger partial charge in [0, 0.05) is 18.9 Å². The lowest BCUT2D eigenvalue weighted by Gasteiger charge is -2.21. The van der Waals surface area contributed by atoms with Gasteiger partial charge in [-0.15, -0.1) is 0 Å². The normalized spacial score (nSPS) is 36.3. The molecule has 2 fully saturated rings. The Hall–Kier alpha value is -2.21. The van der Waals surface area contributed by atoms with Crippen LogP contribution in [0.25, 0.3) is 0 Å². The van der Waals surface area contributed by atoms with Gasteiger partial charge < -0.3 is 14.7 Å². The van der Waals surface area contributed by atoms with Crippen molar-refractivity contribution in [2.24, 2.45) is 11.8 Å². The van der Waals surface area contributed by atoms with E-state index in [1.54, 1.807) is 23.4 Å². The standard InChI is InChI=1S/C15H14N2O4/c18-13-12-11(14(19)20)10-3-4-15(12,21-10)8-17(13)7-9-2-1-5-16-6-9/h1-6,10-12H,7-8H2,(H,19,20)/t10-,11+,12-,15+/m1/s1. The van der Waals surface area contributed by atoms with E-state index in [4.69, 9.17) is 4.74 Å². The maximum Gasteiger partial charge on any atom is 0.310 e. The van der Waals surface area contributed by atoms with Crippen LogP contribution in [-0.4, -0.2) is 45.1 Å². The predicted octanol–water partition coefficient (Wildman–Crippen LogP) is 0.448. The first kappa shape index (κ1) is 12.5. The van der Waals surface area contributed by atoms with E-state index in [0.717, 1.165) is 5.56 Å². The second-order valence-electron chi connectivity index (χ2n) is 5.79. The molecule has 1 aromatic rings. The summed E-state index contributed by atoms with van der Waals surface area (Å²) in [5, 5.41) is 9.38. The zero-order valence-electron chi connectivity index (χ0n) is 11.2. The quantitative estimate of drug-likeness (QED) is 0.816. The summed E-state index contributed by atoms with van der Waals surface area (Å²) >= 11 is 0. The number of likely N-dealkylation sites (tertiary alicyclic amines) is 1. The third-order valence-electron chi connectivity index (χ3n) is 4.56. The van der Waals surface area contributed by atoms with E-state index in [-0.39, 0.29) is 5.91 Å². The molecule has 0 aliphatic carbocycles. The molecule has 1 aromatic heterocycles. The Labute approximate surface area is 121 Å². The lowest BCUT2D eigenvalue weighted by Crippen LogP contribution is -2.39. The van der Waals surface area contributed by atoms with Crippen molar-refractivity contribution < 1.29 is 19.4 Å². The average Bonchev–Trinajstić information content (AvgIpc) is 3.09. The number of aliphatic carboxylic acids is 1. The molecule has 6 heteroatoms. The fraction of sp³-hybridized carbons (Fsp3) is 0.400. The minimum atomic E-state index is -0.965. The molecule has 4 heterocycles. The third kappa shape index (κ3) is 1.65. The van der Waals surface area contributed by atoms with Crippen LogP contribution in [-0.2, 0) is 20.9 Å². The Kier molecular flexibility index (Phi) is 2.47. The molecule has 2 bridgehead atoms. The van der Waals surface area contributed by atoms with Crippen LogP contribution in [0.4, 0.5) is 0 Å². The van der Waals surface area contributed by atoms with Crippen LogP contribution < -0.4 is 0 Å². The van der Waals surface area contributed by atoms with E-state index in [9.17, 15) is 14.7 Å². The Morgan fingerprint density at radius 2 is 2.43 bits per heavy atom. The maximum atomic E-state index is 12.6. The molecule has 0 saturated carbocycles. The molecule has 21 heavy (non-hydrogen) atoms. The van der Waals surface area contributed by atoms with Crippen molar-refractivity contribution in [1.82, 2.24) is 9.88 Å². The summed E-state index contributed by atoms with van der Waals surface area (Å²) < 4.78 is 5.83. The number of fused-ring (bicyclic) bond motifs is 1. The van der Waals surface area contributed by atoms with Gasteiger partial charge in [0.1, 0.15) is 11.5 Å². The number of rotatable bonds is 3. The second-order valence-corrected chi connectivity index (χ2v) is 5.79. The lowest BCUT2D eigenvalue weighted by molar-refractivity contribution is -0.148. The Balaban J connectivity index is 1.63. The third-order valence-corrected chi connectivity index (χ3v) is 4.56. The highest BCUT2D eigenvalue weighted by Gasteiger charge is 2.66. The Bertz CT molecular complexity index is 644. The van der Waals surface area contributed by atoms with Gasteiger partial charge in [0.25, 0.3) is 0 Å². The van der Waals surface area contributed by atoms with Crippen LogP contribution in [0.15, 0.2) is 36.7 Å². The summed E-state index contributed by atoms with van der Waals surface area (Å²) in [5.41, 5.74) is 0.167. The molecule has 2 saturated heterocycles. The van der Waals surface area contributed by atoms with Gasteiger partial charge >= 0.3 is 5.97 Å². The summed E-state index contributed by atoms with van der Waals surface area (Å²) in [4.78, 5) is 29.8. The minimum Gasteiger partial charge on any atom is -0.481 e. The van der Waals surface area contributed by atoms with Crippen LogP contribution in [0, 0.1) is 11.8 Å². The molecule has 0 unspecified atom stereocenters. The number of carboxylic acids is 1. The SMILES string of the molecule is O=C(O)[C@H]1[C@H]2C=C[C@@]3(CN(Cc4cccnc4)C(=O)[C@@H]13)O2. The molecule has 3 aliphatic rings. The smallest absolute Gasteiger partial charge is 0.310 e. The predicted molar refractivity (Wildman–Crippen MR) is 71.0 cm³/mol. The summed E-state index contributed by atoms with van der Waals surface area (Å²) in [6.07, 6.45) is 6.55. The van der Waals surface area contributed by atoms with Crippen molar-refractivity contribution >= 4 is 11.9 Å². The van der Waals surface area contributed by atoms with Crippen LogP contribution in [0.1, 0.15) is 5.56 Å². The zero-order chi connectivity index (χ0) is 14.6. The van der Waals surface area contributed by atoms with E-state index >= 15 is 0 Å². The topological polar surface area (TPSA) is 79.7 Å². The first-order valence-electron chi connectivity index (χ1n) is 6.88. The molecule has 0 aromatic carbocycles. The molecule has 0 radical (unpaired) electrons. The fourth-order valence-corrected chi connectivity index (χ4v) is 3.71. The summed E-state index contributed by atoms with van der Waals surface area (Å²) in [7, 11) is 0. The molecule has 4 atom stereocenters. The van der Waals surface area contributed by atoms with Crippen molar-refractivity contribution in [1.29, 1.82) is 0 Å². The van der Waals surface area contributed by atoms with Crippen LogP contribution >= 0.6 is 0 Å². The van der Waals surface area contributed by atoms with Crippen LogP contribution in [0.2, 0.25) is 0 Å². The fourth-order valence-electron chi connectivity index (χ4n) is 3.71. The van der Waals surface area contributed by atoms with Crippen molar-refractivity contribution in [3.05, 3.63) is 42.2 Å². The summed E-state index contributed by atoms with van der Waals surface area (Å²) in [6.45, 7) is 0.835. The number of aromatic nitrogens is 1. The van der Waals surface area contributed by atoms with Gasteiger partial charge in [0.2, 0.25) is 5.91 Å². The number of carbonyl (C=O) groups is 2. The minimum absolute atomic E-state index is 0.141. The van der Waals surface area contributed by atoms with Crippen molar-refractivity contribution in [2.75, 3.05) is 6.54 Å². The number of amides is 1. The highest BCUT2D eigenvalue weighted by Crippen LogP contribution is 2.52. The van der Waals surface area contributed by atoms with Gasteiger partial charge in [0.15, 0.2) is 0 Å². The average molecular weight is 286 g/mol. The molecule has 6 nitrogen and oxygen atoms in total. The highest BCUT2D eigenvalue weighted by molar-refractivity contribution is 5.90. The monoisotopic (exact) mass is 286 g/mol. The first-order valence-corrected chi connectivity index (χ1v) is 6.88. The van der Waals surface area contributed by atoms with Gasteiger partial charge in [-0.3, -0.25) is 14.6 Å². The van der Waals surface area contributed by atoms with Gasteiger partial charge in [0.05, 0.1) is 18.6 Å². The van der Waals surface area contributed by atoms with Crippen molar-refractivity contribution in [3.8, 4) is 0 Å². The molecule has 108 valence electrons. The molecule has 1 spiro atoms. The lowest BCUT2D eigenvalue weighted by atomic mass is 9.77. The van der Waals surface area contributed by atoms with Gasteiger partial charge in [-0.25, -0.2) is 0 Å². The molecule has 1 N–H and O–H groups in total. The number of carbonyl (C=O) groups excluding carboxylic acids is 1. The van der Waals surface area contributed by atoms with Gasteiger partial charge in [-0.1, -0.05) is 18.2 Å². The molecular weight excluding hydrogens is 272 g/mol. The van der Waals surface area contributed by atoms with Crippen LogP contribution in [0.5, 0.6) is 0 Å². The molecular formula is C15H14N2O4. The van der Waals surface area contributed by atoms with Crippen molar-refractivity contribution in [2.45, 2.75) is 18.2 Å². The van der Waals surface area contributed by atoms with E-state index < -0.39 is 29.5 Å². The highest BCUT2D eigenvalue weighted by atomic mass is 16.5. The second kappa shape index (κ2) is 4.14. The Morgan fingerprint density at radius 1 is 1.57 bits per heavy atom. The maximum absolute atomic E-state index is 12.6. The number of ether oxygens (including phenoxy) is 1. The number of hydrogen-bond donors (Lipinski definition) is 1. The summed E-state index contributed by atoms with van der Waals surface area (Å²) in [6, 6.07) is 3.71. The number of hydrogen-bond acceptors (Lipinski definition) is 4. The molecule has 1 amide bonds. The van der Waals surface area contributed by atoms with E-state index in [1.807, 2.05) is 18.2 Å². The summed E-state index contributed by atoms with van der Waals surface area (Å²) in [5.74, 6) is -2.49. The van der Waals surface area contributed by atoms with Crippen molar-refractivity contribution in [3.63, 3.8) is 0 Å². The first-order chi connectivity index (χ1) is 10.1. The molecule has 4 rings (SSSR count). The van der Waals surface area contributed by atoms with E-state index in [1.165, 1.54) is 0 Å². The van der Waals surface area contributed by atoms with E-state index in [2.05, 4.69) is 4.98 Å². The zero-order valence-corrected chi connectivity index (χ0v) is 11.2. The number of carboxylic acid groups (broad SMARTS) is 1. The largest absolute Gasteiger partial charge is 0.481 e. The van der Waals surface area contributed by atoms with E-state index in [0.29, 0.717) is 13.1 Å².